The number of rotatable bonds is 8. The van der Waals surface area contributed by atoms with Crippen LogP contribution in [0, 0.1) is 5.92 Å². The van der Waals surface area contributed by atoms with Gasteiger partial charge in [-0.2, -0.15) is 0 Å². The summed E-state index contributed by atoms with van der Waals surface area (Å²) in [6.07, 6.45) is 5.83. The maximum absolute atomic E-state index is 13.8. The van der Waals surface area contributed by atoms with Crippen molar-refractivity contribution in [1.29, 1.82) is 0 Å². The molecule has 0 unspecified atom stereocenters. The molecule has 3 amide bonds. The van der Waals surface area contributed by atoms with Crippen molar-refractivity contribution < 1.29 is 9.59 Å². The number of aromatic nitrogens is 1. The van der Waals surface area contributed by atoms with Gasteiger partial charge in [0.2, 0.25) is 0 Å². The Morgan fingerprint density at radius 1 is 1.03 bits per heavy atom. The van der Waals surface area contributed by atoms with Gasteiger partial charge in [-0.1, -0.05) is 43.3 Å². The topological polar surface area (TPSA) is 65.5 Å². The Kier molecular flexibility index (Phi) is 6.66. The minimum absolute atomic E-state index is 0.0776. The van der Waals surface area contributed by atoms with E-state index in [4.69, 9.17) is 0 Å². The van der Waals surface area contributed by atoms with Gasteiger partial charge in [0.15, 0.2) is 0 Å². The van der Waals surface area contributed by atoms with E-state index in [-0.39, 0.29) is 17.9 Å². The third kappa shape index (κ3) is 4.64. The first kappa shape index (κ1) is 21.5. The third-order valence-electron chi connectivity index (χ3n) is 6.67. The standard InChI is InChI=1S/C25H32N4O2/c1-2-15-28-16-11-21(12-17-28)25(19-20-8-4-3-5-9-20)23(30)29(24(31)27-25)18-13-22-10-6-7-14-26-22/h3-10,14,21H,2,11-13,15-19H2,1H3,(H,27,31)/t25-/m1/s1. The molecule has 4 rings (SSSR count). The van der Waals surface area contributed by atoms with Gasteiger partial charge in [0, 0.05) is 31.3 Å². The van der Waals surface area contributed by atoms with Crippen molar-refractivity contribution in [3.63, 3.8) is 0 Å². The SMILES string of the molecule is CCCN1CCC([C@@]2(Cc3ccccc3)NC(=O)N(CCc3ccccn3)C2=O)CC1. The number of urea groups is 1. The molecular weight excluding hydrogens is 388 g/mol. The van der Waals surface area contributed by atoms with E-state index in [1.165, 1.54) is 4.90 Å². The molecule has 164 valence electrons. The number of piperidine rings is 1. The van der Waals surface area contributed by atoms with Gasteiger partial charge >= 0.3 is 6.03 Å². The molecule has 0 radical (unpaired) electrons. The molecule has 2 aliphatic heterocycles. The van der Waals surface area contributed by atoms with Crippen LogP contribution in [0.1, 0.15) is 37.4 Å². The zero-order valence-corrected chi connectivity index (χ0v) is 18.3. The van der Waals surface area contributed by atoms with E-state index < -0.39 is 5.54 Å². The summed E-state index contributed by atoms with van der Waals surface area (Å²) in [5, 5.41) is 3.17. The van der Waals surface area contributed by atoms with Crippen molar-refractivity contribution in [1.82, 2.24) is 20.1 Å². The first-order valence-electron chi connectivity index (χ1n) is 11.4. The lowest BCUT2D eigenvalue weighted by Gasteiger charge is -2.41. The Bertz CT molecular complexity index is 881. The van der Waals surface area contributed by atoms with Crippen molar-refractivity contribution in [2.75, 3.05) is 26.2 Å². The van der Waals surface area contributed by atoms with Gasteiger partial charge in [-0.25, -0.2) is 4.79 Å². The van der Waals surface area contributed by atoms with Gasteiger partial charge in [0.05, 0.1) is 0 Å². The molecule has 0 spiro atoms. The van der Waals surface area contributed by atoms with Gasteiger partial charge in [0.25, 0.3) is 5.91 Å². The van der Waals surface area contributed by atoms with Crippen LogP contribution in [0.2, 0.25) is 0 Å². The zero-order valence-electron chi connectivity index (χ0n) is 18.3. The number of hydrogen-bond acceptors (Lipinski definition) is 4. The average molecular weight is 421 g/mol. The molecule has 0 bridgehead atoms. The van der Waals surface area contributed by atoms with Crippen LogP contribution in [-0.2, 0) is 17.6 Å². The molecule has 0 saturated carbocycles. The number of likely N-dealkylation sites (tertiary alicyclic amines) is 1. The Morgan fingerprint density at radius 2 is 1.77 bits per heavy atom. The smallest absolute Gasteiger partial charge is 0.322 e. The van der Waals surface area contributed by atoms with Crippen LogP contribution in [0.4, 0.5) is 4.79 Å². The summed E-state index contributed by atoms with van der Waals surface area (Å²) >= 11 is 0. The van der Waals surface area contributed by atoms with Crippen LogP contribution < -0.4 is 5.32 Å². The van der Waals surface area contributed by atoms with Gasteiger partial charge in [0.1, 0.15) is 5.54 Å². The van der Waals surface area contributed by atoms with E-state index in [1.54, 1.807) is 6.20 Å². The molecule has 0 aliphatic carbocycles. The predicted octanol–water partition coefficient (Wildman–Crippen LogP) is 3.28. The van der Waals surface area contributed by atoms with E-state index in [0.717, 1.165) is 50.2 Å². The molecule has 6 heteroatoms. The minimum atomic E-state index is -0.860. The predicted molar refractivity (Wildman–Crippen MR) is 121 cm³/mol. The highest BCUT2D eigenvalue weighted by atomic mass is 16.2. The highest BCUT2D eigenvalue weighted by Crippen LogP contribution is 2.36. The number of benzene rings is 1. The quantitative estimate of drug-likeness (QED) is 0.666. The molecular formula is C25H32N4O2. The van der Waals surface area contributed by atoms with Crippen LogP contribution >= 0.6 is 0 Å². The average Bonchev–Trinajstić information content (AvgIpc) is 3.04. The van der Waals surface area contributed by atoms with Crippen molar-refractivity contribution in [3.05, 3.63) is 66.0 Å². The summed E-state index contributed by atoms with van der Waals surface area (Å²) in [6, 6.07) is 15.5. The number of pyridine rings is 1. The van der Waals surface area contributed by atoms with Gasteiger partial charge in [-0.3, -0.25) is 14.7 Å². The number of amides is 3. The first-order valence-corrected chi connectivity index (χ1v) is 11.4. The van der Waals surface area contributed by atoms with Crippen LogP contribution in [0.3, 0.4) is 0 Å². The number of hydrogen-bond donors (Lipinski definition) is 1. The molecule has 6 nitrogen and oxygen atoms in total. The van der Waals surface area contributed by atoms with Crippen molar-refractivity contribution in [2.45, 2.75) is 44.6 Å². The largest absolute Gasteiger partial charge is 0.325 e. The molecule has 3 heterocycles. The van der Waals surface area contributed by atoms with Gasteiger partial charge < -0.3 is 10.2 Å². The lowest BCUT2D eigenvalue weighted by Crippen LogP contribution is -2.57. The molecule has 1 atom stereocenters. The fraction of sp³-hybridized carbons (Fsp3) is 0.480. The van der Waals surface area contributed by atoms with E-state index in [1.807, 2.05) is 48.5 Å². The Labute approximate surface area is 184 Å². The number of imide groups is 1. The molecule has 31 heavy (non-hydrogen) atoms. The summed E-state index contributed by atoms with van der Waals surface area (Å²) < 4.78 is 0. The fourth-order valence-electron chi connectivity index (χ4n) is 5.04. The molecule has 2 aliphatic rings. The molecule has 1 N–H and O–H groups in total. The number of nitrogens with one attached hydrogen (secondary N) is 1. The maximum Gasteiger partial charge on any atom is 0.325 e. The molecule has 2 aromatic rings. The number of carbonyl (C=O) groups is 2. The second kappa shape index (κ2) is 9.60. The lowest BCUT2D eigenvalue weighted by molar-refractivity contribution is -0.134. The highest BCUT2D eigenvalue weighted by Gasteiger charge is 2.55. The number of carbonyl (C=O) groups excluding carboxylic acids is 2. The van der Waals surface area contributed by atoms with Crippen molar-refractivity contribution >= 4 is 11.9 Å². The summed E-state index contributed by atoms with van der Waals surface area (Å²) in [7, 11) is 0. The summed E-state index contributed by atoms with van der Waals surface area (Å²) in [5.74, 6) is 0.0586. The molecule has 1 aromatic heterocycles. The maximum atomic E-state index is 13.8. The summed E-state index contributed by atoms with van der Waals surface area (Å²) in [5.41, 5.74) is 1.11. The Balaban J connectivity index is 1.55. The van der Waals surface area contributed by atoms with Crippen LogP contribution in [-0.4, -0.2) is 58.4 Å². The molecule has 2 saturated heterocycles. The van der Waals surface area contributed by atoms with E-state index in [0.29, 0.717) is 19.4 Å². The van der Waals surface area contributed by atoms with E-state index in [9.17, 15) is 9.59 Å². The van der Waals surface area contributed by atoms with E-state index >= 15 is 0 Å². The van der Waals surface area contributed by atoms with Crippen LogP contribution in [0.15, 0.2) is 54.7 Å². The Morgan fingerprint density at radius 3 is 2.45 bits per heavy atom. The van der Waals surface area contributed by atoms with Crippen molar-refractivity contribution in [2.24, 2.45) is 5.92 Å². The number of nitrogens with zero attached hydrogens (tertiary/aromatic N) is 3. The molecule has 2 fully saturated rings. The first-order chi connectivity index (χ1) is 15.1. The van der Waals surface area contributed by atoms with Gasteiger partial charge in [-0.15, -0.1) is 0 Å². The second-order valence-corrected chi connectivity index (χ2v) is 8.71. The summed E-state index contributed by atoms with van der Waals surface area (Å²) in [4.78, 5) is 35.0. The Hall–Kier alpha value is -2.73. The summed E-state index contributed by atoms with van der Waals surface area (Å²) in [6.45, 7) is 5.60. The zero-order chi connectivity index (χ0) is 21.7. The van der Waals surface area contributed by atoms with Gasteiger partial charge in [-0.05, 0) is 62.5 Å². The van der Waals surface area contributed by atoms with E-state index in [2.05, 4.69) is 22.1 Å². The lowest BCUT2D eigenvalue weighted by atomic mass is 9.74. The monoisotopic (exact) mass is 420 g/mol. The highest BCUT2D eigenvalue weighted by molar-refractivity contribution is 6.07. The normalized spacial score (nSPS) is 22.7. The van der Waals surface area contributed by atoms with Crippen LogP contribution in [0.25, 0.3) is 0 Å². The second-order valence-electron chi connectivity index (χ2n) is 8.71. The minimum Gasteiger partial charge on any atom is -0.322 e. The fourth-order valence-corrected chi connectivity index (χ4v) is 5.04. The third-order valence-corrected chi connectivity index (χ3v) is 6.67. The van der Waals surface area contributed by atoms with Crippen LogP contribution in [0.5, 0.6) is 0 Å². The van der Waals surface area contributed by atoms with Crippen molar-refractivity contribution in [3.8, 4) is 0 Å². The molecule has 1 aromatic carbocycles.